The Kier molecular flexibility index (Phi) is 7.20. The average molecular weight is 377 g/mol. The molecule has 0 unspecified atom stereocenters. The van der Waals surface area contributed by atoms with Crippen LogP contribution in [0.25, 0.3) is 0 Å². The molecule has 3 nitrogen and oxygen atoms in total. The first-order valence-electron chi connectivity index (χ1n) is 8.74. The van der Waals surface area contributed by atoms with Crippen LogP contribution in [0.15, 0.2) is 52.3 Å². The zero-order valence-corrected chi connectivity index (χ0v) is 16.2. The number of rotatable bonds is 7. The smallest absolute Gasteiger partial charge is 0.0594 e. The van der Waals surface area contributed by atoms with Crippen molar-refractivity contribution in [1.29, 1.82) is 0 Å². The van der Waals surface area contributed by atoms with Crippen LogP contribution in [0.4, 0.5) is 0 Å². The summed E-state index contributed by atoms with van der Waals surface area (Å²) >= 11 is 7.78. The summed E-state index contributed by atoms with van der Waals surface area (Å²) in [6, 6.07) is 14.9. The first-order valence-corrected chi connectivity index (χ1v) is 9.94. The highest BCUT2D eigenvalue weighted by molar-refractivity contribution is 7.99. The lowest BCUT2D eigenvalue weighted by molar-refractivity contribution is 0.0384. The van der Waals surface area contributed by atoms with Gasteiger partial charge in [0, 0.05) is 41.0 Å². The lowest BCUT2D eigenvalue weighted by Gasteiger charge is -2.26. The van der Waals surface area contributed by atoms with Crippen molar-refractivity contribution in [2.45, 2.75) is 22.8 Å². The largest absolute Gasteiger partial charge is 0.379 e. The normalized spacial score (nSPS) is 15.4. The molecule has 25 heavy (non-hydrogen) atoms. The maximum absolute atomic E-state index is 5.98. The number of hydrogen-bond donors (Lipinski definition) is 1. The molecule has 1 aliphatic rings. The molecule has 1 N–H and O–H groups in total. The van der Waals surface area contributed by atoms with Crippen molar-refractivity contribution in [3.8, 4) is 0 Å². The molecule has 1 fully saturated rings. The summed E-state index contributed by atoms with van der Waals surface area (Å²) in [7, 11) is 2.00. The molecule has 1 saturated heterocycles. The molecule has 0 atom stereocenters. The van der Waals surface area contributed by atoms with Crippen LogP contribution in [-0.2, 0) is 17.7 Å². The Morgan fingerprint density at radius 3 is 2.60 bits per heavy atom. The number of halogens is 1. The number of nitrogens with zero attached hydrogens (tertiary/aromatic N) is 1. The minimum atomic E-state index is 0.776. The third kappa shape index (κ3) is 5.73. The fourth-order valence-electron chi connectivity index (χ4n) is 2.96. The molecule has 2 aromatic carbocycles. The van der Waals surface area contributed by atoms with Gasteiger partial charge in [-0.05, 0) is 54.9 Å². The van der Waals surface area contributed by atoms with E-state index < -0.39 is 0 Å². The van der Waals surface area contributed by atoms with Crippen LogP contribution < -0.4 is 5.32 Å². The van der Waals surface area contributed by atoms with Crippen LogP contribution >= 0.6 is 23.4 Å². The maximum atomic E-state index is 5.98. The summed E-state index contributed by atoms with van der Waals surface area (Å²) < 4.78 is 5.42. The number of ether oxygens (including phenoxy) is 1. The van der Waals surface area contributed by atoms with Gasteiger partial charge in [-0.1, -0.05) is 35.5 Å². The number of benzene rings is 2. The standard InChI is InChI=1S/C20H25ClN2OS/c1-22-15-17-14-16(8-9-23-10-12-24-13-11-23)2-7-20(17)25-19-5-3-18(21)4-6-19/h2-7,14,22H,8-13,15H2,1H3. The minimum Gasteiger partial charge on any atom is -0.379 e. The van der Waals surface area contributed by atoms with Crippen LogP contribution in [0.3, 0.4) is 0 Å². The molecule has 0 amide bonds. The molecule has 1 aliphatic heterocycles. The second kappa shape index (κ2) is 9.60. The van der Waals surface area contributed by atoms with E-state index in [1.165, 1.54) is 20.9 Å². The third-order valence-corrected chi connectivity index (χ3v) is 5.73. The Hall–Kier alpha value is -1.04. The monoisotopic (exact) mass is 376 g/mol. The lowest BCUT2D eigenvalue weighted by Crippen LogP contribution is -2.37. The minimum absolute atomic E-state index is 0.776. The molecule has 0 bridgehead atoms. The van der Waals surface area contributed by atoms with E-state index in [9.17, 15) is 0 Å². The van der Waals surface area contributed by atoms with Gasteiger partial charge in [0.25, 0.3) is 0 Å². The van der Waals surface area contributed by atoms with E-state index in [4.69, 9.17) is 16.3 Å². The van der Waals surface area contributed by atoms with Gasteiger partial charge in [0.15, 0.2) is 0 Å². The quantitative estimate of drug-likeness (QED) is 0.786. The van der Waals surface area contributed by atoms with Crippen molar-refractivity contribution in [2.75, 3.05) is 39.9 Å². The molecular weight excluding hydrogens is 352 g/mol. The molecule has 2 aromatic rings. The molecule has 3 rings (SSSR count). The van der Waals surface area contributed by atoms with E-state index in [0.717, 1.165) is 50.8 Å². The molecular formula is C20H25ClN2OS. The van der Waals surface area contributed by atoms with Gasteiger partial charge < -0.3 is 10.1 Å². The summed E-state index contributed by atoms with van der Waals surface area (Å²) in [6.07, 6.45) is 1.09. The average Bonchev–Trinajstić information content (AvgIpc) is 2.65. The van der Waals surface area contributed by atoms with Crippen molar-refractivity contribution in [3.63, 3.8) is 0 Å². The lowest BCUT2D eigenvalue weighted by atomic mass is 10.1. The van der Waals surface area contributed by atoms with Gasteiger partial charge in [-0.2, -0.15) is 0 Å². The van der Waals surface area contributed by atoms with Crippen LogP contribution in [0.2, 0.25) is 5.02 Å². The highest BCUT2D eigenvalue weighted by Crippen LogP contribution is 2.32. The van der Waals surface area contributed by atoms with Crippen molar-refractivity contribution in [2.24, 2.45) is 0 Å². The van der Waals surface area contributed by atoms with Crippen LogP contribution in [-0.4, -0.2) is 44.8 Å². The predicted octanol–water partition coefficient (Wildman–Crippen LogP) is 4.09. The van der Waals surface area contributed by atoms with Gasteiger partial charge >= 0.3 is 0 Å². The van der Waals surface area contributed by atoms with Crippen LogP contribution in [0, 0.1) is 0 Å². The molecule has 0 radical (unpaired) electrons. The van der Waals surface area contributed by atoms with Crippen molar-refractivity contribution in [1.82, 2.24) is 10.2 Å². The predicted molar refractivity (Wildman–Crippen MR) is 106 cm³/mol. The van der Waals surface area contributed by atoms with Crippen molar-refractivity contribution >= 4 is 23.4 Å². The molecule has 0 aliphatic carbocycles. The Balaban J connectivity index is 1.67. The summed E-state index contributed by atoms with van der Waals surface area (Å²) in [4.78, 5) is 4.99. The fourth-order valence-corrected chi connectivity index (χ4v) is 4.01. The summed E-state index contributed by atoms with van der Waals surface area (Å²) in [6.45, 7) is 5.80. The Labute approximate surface area is 159 Å². The maximum Gasteiger partial charge on any atom is 0.0594 e. The zero-order chi connectivity index (χ0) is 17.5. The van der Waals surface area contributed by atoms with Gasteiger partial charge in [0.1, 0.15) is 0 Å². The van der Waals surface area contributed by atoms with Crippen LogP contribution in [0.1, 0.15) is 11.1 Å². The number of morpholine rings is 1. The summed E-state index contributed by atoms with van der Waals surface area (Å²) in [5, 5.41) is 4.07. The van der Waals surface area contributed by atoms with Gasteiger partial charge in [-0.3, -0.25) is 4.90 Å². The Morgan fingerprint density at radius 2 is 1.88 bits per heavy atom. The van der Waals surface area contributed by atoms with Gasteiger partial charge in [-0.15, -0.1) is 0 Å². The van der Waals surface area contributed by atoms with Gasteiger partial charge in [0.2, 0.25) is 0 Å². The Morgan fingerprint density at radius 1 is 1.12 bits per heavy atom. The summed E-state index contributed by atoms with van der Waals surface area (Å²) in [5.41, 5.74) is 2.75. The van der Waals surface area contributed by atoms with E-state index in [2.05, 4.69) is 40.5 Å². The highest BCUT2D eigenvalue weighted by atomic mass is 35.5. The second-order valence-electron chi connectivity index (χ2n) is 6.23. The number of hydrogen-bond acceptors (Lipinski definition) is 4. The van der Waals surface area contributed by atoms with Crippen molar-refractivity contribution < 1.29 is 4.74 Å². The SMILES string of the molecule is CNCc1cc(CCN2CCOCC2)ccc1Sc1ccc(Cl)cc1. The fraction of sp³-hybridized carbons (Fsp3) is 0.400. The molecule has 134 valence electrons. The second-order valence-corrected chi connectivity index (χ2v) is 7.78. The van der Waals surface area contributed by atoms with E-state index in [-0.39, 0.29) is 0 Å². The van der Waals surface area contributed by atoms with Crippen LogP contribution in [0.5, 0.6) is 0 Å². The van der Waals surface area contributed by atoms with Gasteiger partial charge in [0.05, 0.1) is 13.2 Å². The molecule has 0 saturated carbocycles. The topological polar surface area (TPSA) is 24.5 Å². The third-order valence-electron chi connectivity index (χ3n) is 4.35. The van der Waals surface area contributed by atoms with E-state index in [0.29, 0.717) is 0 Å². The molecule has 5 heteroatoms. The highest BCUT2D eigenvalue weighted by Gasteiger charge is 2.11. The van der Waals surface area contributed by atoms with Crippen molar-refractivity contribution in [3.05, 3.63) is 58.6 Å². The first kappa shape index (κ1) is 18.7. The molecule has 0 spiro atoms. The van der Waals surface area contributed by atoms with E-state index >= 15 is 0 Å². The van der Waals surface area contributed by atoms with E-state index in [1.807, 2.05) is 19.2 Å². The summed E-state index contributed by atoms with van der Waals surface area (Å²) in [5.74, 6) is 0. The first-order chi connectivity index (χ1) is 12.2. The molecule has 0 aromatic heterocycles. The zero-order valence-electron chi connectivity index (χ0n) is 14.6. The Bertz CT molecular complexity index is 672. The molecule has 1 heterocycles. The van der Waals surface area contributed by atoms with Gasteiger partial charge in [-0.25, -0.2) is 0 Å². The van der Waals surface area contributed by atoms with E-state index in [1.54, 1.807) is 11.8 Å². The number of nitrogens with one attached hydrogen (secondary N) is 1.